The second kappa shape index (κ2) is 9.46. The topological polar surface area (TPSA) is 61.6 Å². The predicted octanol–water partition coefficient (Wildman–Crippen LogP) is 2.63. The van der Waals surface area contributed by atoms with Crippen molar-refractivity contribution in [3.63, 3.8) is 0 Å². The summed E-state index contributed by atoms with van der Waals surface area (Å²) in [7, 11) is 0. The second-order valence-corrected chi connectivity index (χ2v) is 6.54. The Bertz CT molecular complexity index is 685. The van der Waals surface area contributed by atoms with Gasteiger partial charge in [-0.1, -0.05) is 18.2 Å². The third kappa shape index (κ3) is 5.13. The van der Waals surface area contributed by atoms with E-state index in [1.807, 2.05) is 6.07 Å². The normalized spacial score (nSPS) is 15.8. The highest BCUT2D eigenvalue weighted by atomic mass is 35.5. The largest absolute Gasteiger partial charge is 0.399 e. The molecule has 0 aromatic heterocycles. The molecule has 0 bridgehead atoms. The van der Waals surface area contributed by atoms with Crippen molar-refractivity contribution in [1.82, 2.24) is 10.2 Å². The maximum Gasteiger partial charge on any atom is 0.251 e. The fourth-order valence-electron chi connectivity index (χ4n) is 3.17. The van der Waals surface area contributed by atoms with E-state index in [-0.39, 0.29) is 18.3 Å². The van der Waals surface area contributed by atoms with E-state index < -0.39 is 0 Å². The summed E-state index contributed by atoms with van der Waals surface area (Å²) in [6.45, 7) is 6.86. The number of nitrogens with two attached hydrogens (primary N) is 1. The van der Waals surface area contributed by atoms with E-state index >= 15 is 0 Å². The molecule has 1 amide bonds. The maximum atomic E-state index is 12.2. The van der Waals surface area contributed by atoms with Crippen LogP contribution in [0.5, 0.6) is 0 Å². The average molecular weight is 375 g/mol. The number of carbonyl (C=O) groups excluding carboxylic acids is 1. The number of amides is 1. The summed E-state index contributed by atoms with van der Waals surface area (Å²) in [5.41, 5.74) is 8.26. The first-order valence-electron chi connectivity index (χ1n) is 8.81. The van der Waals surface area contributed by atoms with E-state index in [0.29, 0.717) is 23.8 Å². The zero-order valence-corrected chi connectivity index (χ0v) is 15.9. The van der Waals surface area contributed by atoms with E-state index in [1.165, 1.54) is 5.69 Å². The fraction of sp³-hybridized carbons (Fsp3) is 0.350. The average Bonchev–Trinajstić information content (AvgIpc) is 2.67. The van der Waals surface area contributed by atoms with Crippen LogP contribution in [0.2, 0.25) is 0 Å². The molecule has 0 radical (unpaired) electrons. The lowest BCUT2D eigenvalue weighted by Gasteiger charge is -2.39. The minimum atomic E-state index is -0.0465. The van der Waals surface area contributed by atoms with E-state index in [1.54, 1.807) is 24.3 Å². The molecule has 3 rings (SSSR count). The van der Waals surface area contributed by atoms with Gasteiger partial charge in [0, 0.05) is 55.7 Å². The van der Waals surface area contributed by atoms with Gasteiger partial charge in [0.1, 0.15) is 0 Å². The maximum absolute atomic E-state index is 12.2. The van der Waals surface area contributed by atoms with Crippen LogP contribution in [0, 0.1) is 0 Å². The lowest BCUT2D eigenvalue weighted by molar-refractivity contribution is 0.0934. The lowest BCUT2D eigenvalue weighted by atomic mass is 10.1. The zero-order valence-electron chi connectivity index (χ0n) is 15.1. The molecule has 2 aromatic carbocycles. The summed E-state index contributed by atoms with van der Waals surface area (Å²) >= 11 is 0. The smallest absolute Gasteiger partial charge is 0.251 e. The van der Waals surface area contributed by atoms with Gasteiger partial charge in [0.25, 0.3) is 5.91 Å². The van der Waals surface area contributed by atoms with Gasteiger partial charge in [0.05, 0.1) is 0 Å². The highest BCUT2D eigenvalue weighted by molar-refractivity contribution is 5.94. The van der Waals surface area contributed by atoms with Crippen molar-refractivity contribution < 1.29 is 4.79 Å². The number of anilines is 2. The number of piperazine rings is 1. The van der Waals surface area contributed by atoms with Crippen molar-refractivity contribution in [2.75, 3.05) is 43.4 Å². The molecular formula is C20H27ClN4O. The Labute approximate surface area is 161 Å². The van der Waals surface area contributed by atoms with Crippen molar-refractivity contribution in [3.05, 3.63) is 60.2 Å². The monoisotopic (exact) mass is 374 g/mol. The molecule has 140 valence electrons. The van der Waals surface area contributed by atoms with Gasteiger partial charge >= 0.3 is 0 Å². The minimum absolute atomic E-state index is 0. The molecule has 1 saturated heterocycles. The van der Waals surface area contributed by atoms with Crippen LogP contribution in [0.1, 0.15) is 17.3 Å². The van der Waals surface area contributed by atoms with Gasteiger partial charge in [-0.25, -0.2) is 0 Å². The molecule has 1 heterocycles. The molecule has 1 atom stereocenters. The number of benzene rings is 2. The first-order valence-corrected chi connectivity index (χ1v) is 8.81. The molecule has 3 N–H and O–H groups in total. The first kappa shape index (κ1) is 20.1. The van der Waals surface area contributed by atoms with Crippen LogP contribution >= 0.6 is 12.4 Å². The van der Waals surface area contributed by atoms with E-state index in [4.69, 9.17) is 5.73 Å². The third-order valence-corrected chi connectivity index (χ3v) is 4.79. The lowest BCUT2D eigenvalue weighted by Crippen LogP contribution is -2.52. The van der Waals surface area contributed by atoms with Gasteiger partial charge in [-0.2, -0.15) is 0 Å². The van der Waals surface area contributed by atoms with Gasteiger partial charge < -0.3 is 16.0 Å². The van der Waals surface area contributed by atoms with E-state index in [2.05, 4.69) is 46.3 Å². The minimum Gasteiger partial charge on any atom is -0.399 e. The van der Waals surface area contributed by atoms with Crippen LogP contribution < -0.4 is 16.0 Å². The number of nitrogens with one attached hydrogen (secondary N) is 1. The van der Waals surface area contributed by atoms with Crippen LogP contribution in [0.3, 0.4) is 0 Å². The summed E-state index contributed by atoms with van der Waals surface area (Å²) in [5.74, 6) is -0.0465. The van der Waals surface area contributed by atoms with Crippen LogP contribution in [-0.2, 0) is 0 Å². The number of nitrogen functional groups attached to an aromatic ring is 1. The van der Waals surface area contributed by atoms with Crippen molar-refractivity contribution in [1.29, 1.82) is 0 Å². The summed E-state index contributed by atoms with van der Waals surface area (Å²) in [6.07, 6.45) is 0. The Balaban J connectivity index is 0.00000243. The Hall–Kier alpha value is -2.24. The van der Waals surface area contributed by atoms with Crippen LogP contribution in [0.15, 0.2) is 54.6 Å². The van der Waals surface area contributed by atoms with Gasteiger partial charge in [-0.15, -0.1) is 12.4 Å². The van der Waals surface area contributed by atoms with Crippen molar-refractivity contribution in [3.8, 4) is 0 Å². The fourth-order valence-corrected chi connectivity index (χ4v) is 3.17. The Morgan fingerprint density at radius 1 is 1.04 bits per heavy atom. The number of nitrogens with zero attached hydrogens (tertiary/aromatic N) is 2. The summed E-state index contributed by atoms with van der Waals surface area (Å²) in [6, 6.07) is 17.9. The van der Waals surface area contributed by atoms with Crippen molar-refractivity contribution in [2.45, 2.75) is 13.0 Å². The third-order valence-electron chi connectivity index (χ3n) is 4.79. The van der Waals surface area contributed by atoms with Crippen molar-refractivity contribution >= 4 is 29.7 Å². The van der Waals surface area contributed by atoms with Crippen molar-refractivity contribution in [2.24, 2.45) is 0 Å². The SMILES string of the molecule is CC(CNC(=O)c1ccc(N)cc1)N1CCN(c2ccccc2)CC1.Cl. The molecule has 1 aliphatic heterocycles. The van der Waals surface area contributed by atoms with Gasteiger partial charge in [-0.05, 0) is 43.3 Å². The molecule has 0 saturated carbocycles. The number of hydrogen-bond acceptors (Lipinski definition) is 4. The number of rotatable bonds is 5. The Morgan fingerprint density at radius 3 is 2.27 bits per heavy atom. The Morgan fingerprint density at radius 2 is 1.65 bits per heavy atom. The van der Waals surface area contributed by atoms with E-state index in [9.17, 15) is 4.79 Å². The standard InChI is InChI=1S/C20H26N4O.ClH/c1-16(15-22-20(25)17-7-9-18(21)10-8-17)23-11-13-24(14-12-23)19-5-3-2-4-6-19;/h2-10,16H,11-15,21H2,1H3,(H,22,25);1H. The second-order valence-electron chi connectivity index (χ2n) is 6.54. The molecule has 0 aliphatic carbocycles. The molecule has 1 unspecified atom stereocenters. The molecule has 0 spiro atoms. The van der Waals surface area contributed by atoms with Crippen LogP contribution in [0.25, 0.3) is 0 Å². The summed E-state index contributed by atoms with van der Waals surface area (Å²) in [4.78, 5) is 17.0. The molecular weight excluding hydrogens is 348 g/mol. The van der Waals surface area contributed by atoms with Crippen LogP contribution in [-0.4, -0.2) is 49.6 Å². The molecule has 2 aromatic rings. The predicted molar refractivity (Wildman–Crippen MR) is 110 cm³/mol. The highest BCUT2D eigenvalue weighted by Crippen LogP contribution is 2.16. The highest BCUT2D eigenvalue weighted by Gasteiger charge is 2.21. The number of halogens is 1. The summed E-state index contributed by atoms with van der Waals surface area (Å²) in [5, 5.41) is 3.02. The zero-order chi connectivity index (χ0) is 17.6. The van der Waals surface area contributed by atoms with E-state index in [0.717, 1.165) is 26.2 Å². The molecule has 1 fully saturated rings. The molecule has 5 nitrogen and oxygen atoms in total. The van der Waals surface area contributed by atoms with Gasteiger partial charge in [0.15, 0.2) is 0 Å². The van der Waals surface area contributed by atoms with Gasteiger partial charge in [0.2, 0.25) is 0 Å². The molecule has 6 heteroatoms. The summed E-state index contributed by atoms with van der Waals surface area (Å²) < 4.78 is 0. The first-order chi connectivity index (χ1) is 12.1. The number of carbonyl (C=O) groups is 1. The van der Waals surface area contributed by atoms with Crippen LogP contribution in [0.4, 0.5) is 11.4 Å². The molecule has 26 heavy (non-hydrogen) atoms. The molecule has 1 aliphatic rings. The quantitative estimate of drug-likeness (QED) is 0.790. The Kier molecular flexibility index (Phi) is 7.30. The number of hydrogen-bond donors (Lipinski definition) is 2. The van der Waals surface area contributed by atoms with Gasteiger partial charge in [-0.3, -0.25) is 9.69 Å². The number of para-hydroxylation sites is 1.